The van der Waals surface area contributed by atoms with Gasteiger partial charge in [0.1, 0.15) is 0 Å². The van der Waals surface area contributed by atoms with Gasteiger partial charge in [-0.1, -0.05) is 24.5 Å². The van der Waals surface area contributed by atoms with Crippen molar-refractivity contribution in [3.05, 3.63) is 11.6 Å². The van der Waals surface area contributed by atoms with E-state index in [9.17, 15) is 4.79 Å². The number of amides is 1. The van der Waals surface area contributed by atoms with Crippen LogP contribution in [-0.2, 0) is 4.79 Å². The molecule has 1 aliphatic carbocycles. The molecule has 3 heteroatoms. The van der Waals surface area contributed by atoms with Crippen LogP contribution >= 0.6 is 0 Å². The van der Waals surface area contributed by atoms with Crippen LogP contribution in [0.5, 0.6) is 0 Å². The summed E-state index contributed by atoms with van der Waals surface area (Å²) in [6, 6.07) is 0. The first kappa shape index (κ1) is 14.6. The average Bonchev–Trinajstić information content (AvgIpc) is 2.81. The highest BCUT2D eigenvalue weighted by Gasteiger charge is 2.28. The zero-order valence-electron chi connectivity index (χ0n) is 12.5. The molecule has 0 N–H and O–H groups in total. The first-order chi connectivity index (χ1) is 9.16. The molecule has 19 heavy (non-hydrogen) atoms. The molecular formula is C16H28N2O. The van der Waals surface area contributed by atoms with Crippen molar-refractivity contribution in [3.63, 3.8) is 0 Å². The predicted octanol–water partition coefficient (Wildman–Crippen LogP) is 2.68. The summed E-state index contributed by atoms with van der Waals surface area (Å²) in [5, 5.41) is 0. The van der Waals surface area contributed by atoms with Crippen LogP contribution in [0.25, 0.3) is 0 Å². The van der Waals surface area contributed by atoms with Crippen molar-refractivity contribution >= 4 is 5.91 Å². The van der Waals surface area contributed by atoms with Gasteiger partial charge in [0.05, 0.1) is 0 Å². The fourth-order valence-corrected chi connectivity index (χ4v) is 3.12. The Hall–Kier alpha value is -0.830. The average molecular weight is 264 g/mol. The summed E-state index contributed by atoms with van der Waals surface area (Å²) in [6.07, 6.45) is 8.14. The SMILES string of the molecule is CC(C)=CCN1CCCN(C(=O)C2CCCC2)CC1. The molecule has 2 rings (SSSR count). The van der Waals surface area contributed by atoms with Gasteiger partial charge >= 0.3 is 0 Å². The summed E-state index contributed by atoms with van der Waals surface area (Å²) >= 11 is 0. The molecule has 1 amide bonds. The third-order valence-electron chi connectivity index (χ3n) is 4.36. The fourth-order valence-electron chi connectivity index (χ4n) is 3.12. The van der Waals surface area contributed by atoms with E-state index in [1.165, 1.54) is 18.4 Å². The van der Waals surface area contributed by atoms with Crippen LogP contribution in [0.3, 0.4) is 0 Å². The standard InChI is InChI=1S/C16H28N2O/c1-14(2)8-11-17-9-5-10-18(13-12-17)16(19)15-6-3-4-7-15/h8,15H,3-7,9-13H2,1-2H3. The van der Waals surface area contributed by atoms with Gasteiger partial charge in [0.25, 0.3) is 0 Å². The van der Waals surface area contributed by atoms with E-state index in [1.807, 2.05) is 0 Å². The van der Waals surface area contributed by atoms with Gasteiger partial charge in [0, 0.05) is 38.6 Å². The number of allylic oxidation sites excluding steroid dienone is 1. The van der Waals surface area contributed by atoms with Gasteiger partial charge in [-0.25, -0.2) is 0 Å². The number of hydrogen-bond acceptors (Lipinski definition) is 2. The maximum Gasteiger partial charge on any atom is 0.225 e. The van der Waals surface area contributed by atoms with Gasteiger partial charge in [-0.2, -0.15) is 0 Å². The third kappa shape index (κ3) is 4.34. The molecule has 0 aromatic heterocycles. The summed E-state index contributed by atoms with van der Waals surface area (Å²) in [5.41, 5.74) is 1.38. The number of carbonyl (C=O) groups is 1. The lowest BCUT2D eigenvalue weighted by molar-refractivity contribution is -0.135. The Morgan fingerprint density at radius 2 is 1.79 bits per heavy atom. The molecule has 108 valence electrons. The van der Waals surface area contributed by atoms with E-state index in [-0.39, 0.29) is 0 Å². The second-order valence-corrected chi connectivity index (χ2v) is 6.24. The number of rotatable bonds is 3. The zero-order chi connectivity index (χ0) is 13.7. The normalized spacial score (nSPS) is 22.3. The largest absolute Gasteiger partial charge is 0.341 e. The van der Waals surface area contributed by atoms with Crippen LogP contribution in [0.1, 0.15) is 46.0 Å². The number of carbonyl (C=O) groups excluding carboxylic acids is 1. The molecule has 1 heterocycles. The molecular weight excluding hydrogens is 236 g/mol. The van der Waals surface area contributed by atoms with E-state index in [0.29, 0.717) is 11.8 Å². The van der Waals surface area contributed by atoms with Crippen LogP contribution in [-0.4, -0.2) is 48.4 Å². The molecule has 0 aromatic rings. The van der Waals surface area contributed by atoms with Gasteiger partial charge in [-0.05, 0) is 33.1 Å². The van der Waals surface area contributed by atoms with Gasteiger partial charge < -0.3 is 4.90 Å². The highest BCUT2D eigenvalue weighted by Crippen LogP contribution is 2.26. The topological polar surface area (TPSA) is 23.6 Å². The van der Waals surface area contributed by atoms with E-state index >= 15 is 0 Å². The molecule has 0 atom stereocenters. The minimum absolute atomic E-state index is 0.337. The molecule has 2 aliphatic rings. The minimum Gasteiger partial charge on any atom is -0.341 e. The first-order valence-electron chi connectivity index (χ1n) is 7.81. The Morgan fingerprint density at radius 3 is 2.47 bits per heavy atom. The molecule has 2 fully saturated rings. The first-order valence-corrected chi connectivity index (χ1v) is 7.81. The van der Waals surface area contributed by atoms with E-state index in [4.69, 9.17) is 0 Å². The highest BCUT2D eigenvalue weighted by molar-refractivity contribution is 5.79. The Labute approximate surface area is 117 Å². The monoisotopic (exact) mass is 264 g/mol. The second kappa shape index (κ2) is 7.09. The molecule has 0 unspecified atom stereocenters. The van der Waals surface area contributed by atoms with Crippen molar-refractivity contribution < 1.29 is 4.79 Å². The van der Waals surface area contributed by atoms with Crippen molar-refractivity contribution in [3.8, 4) is 0 Å². The van der Waals surface area contributed by atoms with Gasteiger partial charge in [0.2, 0.25) is 5.91 Å². The maximum atomic E-state index is 12.4. The van der Waals surface area contributed by atoms with E-state index < -0.39 is 0 Å². The van der Waals surface area contributed by atoms with E-state index in [2.05, 4.69) is 29.7 Å². The summed E-state index contributed by atoms with van der Waals surface area (Å²) in [6.45, 7) is 9.36. The summed E-state index contributed by atoms with van der Waals surface area (Å²) in [4.78, 5) is 17.0. The Bertz CT molecular complexity index is 328. The van der Waals surface area contributed by atoms with Crippen molar-refractivity contribution in [2.24, 2.45) is 5.92 Å². The van der Waals surface area contributed by atoms with Crippen LogP contribution < -0.4 is 0 Å². The lowest BCUT2D eigenvalue weighted by Crippen LogP contribution is -2.38. The summed E-state index contributed by atoms with van der Waals surface area (Å²) in [7, 11) is 0. The summed E-state index contributed by atoms with van der Waals surface area (Å²) in [5.74, 6) is 0.769. The number of hydrogen-bond donors (Lipinski definition) is 0. The molecule has 1 saturated carbocycles. The molecule has 1 saturated heterocycles. The predicted molar refractivity (Wildman–Crippen MR) is 79.0 cm³/mol. The molecule has 0 bridgehead atoms. The van der Waals surface area contributed by atoms with Gasteiger partial charge in [0.15, 0.2) is 0 Å². The smallest absolute Gasteiger partial charge is 0.225 e. The Morgan fingerprint density at radius 1 is 1.05 bits per heavy atom. The van der Waals surface area contributed by atoms with Crippen LogP contribution in [0.4, 0.5) is 0 Å². The lowest BCUT2D eigenvalue weighted by atomic mass is 10.1. The zero-order valence-corrected chi connectivity index (χ0v) is 12.5. The Balaban J connectivity index is 1.82. The van der Waals surface area contributed by atoms with E-state index in [0.717, 1.165) is 52.0 Å². The van der Waals surface area contributed by atoms with E-state index in [1.54, 1.807) is 0 Å². The number of nitrogens with zero attached hydrogens (tertiary/aromatic N) is 2. The molecule has 1 aliphatic heterocycles. The highest BCUT2D eigenvalue weighted by atomic mass is 16.2. The molecule has 0 aromatic carbocycles. The summed E-state index contributed by atoms with van der Waals surface area (Å²) < 4.78 is 0. The van der Waals surface area contributed by atoms with Crippen LogP contribution in [0.2, 0.25) is 0 Å². The quantitative estimate of drug-likeness (QED) is 0.732. The lowest BCUT2D eigenvalue weighted by Gasteiger charge is -2.24. The second-order valence-electron chi connectivity index (χ2n) is 6.24. The van der Waals surface area contributed by atoms with Crippen LogP contribution in [0, 0.1) is 5.92 Å². The minimum atomic E-state index is 0.337. The van der Waals surface area contributed by atoms with Crippen molar-refractivity contribution in [2.45, 2.75) is 46.0 Å². The van der Waals surface area contributed by atoms with Gasteiger partial charge in [-0.15, -0.1) is 0 Å². The Kier molecular flexibility index (Phi) is 5.44. The molecule has 3 nitrogen and oxygen atoms in total. The molecule has 0 spiro atoms. The van der Waals surface area contributed by atoms with Crippen LogP contribution in [0.15, 0.2) is 11.6 Å². The maximum absolute atomic E-state index is 12.4. The van der Waals surface area contributed by atoms with Gasteiger partial charge in [-0.3, -0.25) is 9.69 Å². The van der Waals surface area contributed by atoms with Crippen molar-refractivity contribution in [1.82, 2.24) is 9.80 Å². The van der Waals surface area contributed by atoms with Crippen molar-refractivity contribution in [2.75, 3.05) is 32.7 Å². The third-order valence-corrected chi connectivity index (χ3v) is 4.36. The molecule has 0 radical (unpaired) electrons. The van der Waals surface area contributed by atoms with Crippen molar-refractivity contribution in [1.29, 1.82) is 0 Å². The fraction of sp³-hybridized carbons (Fsp3) is 0.812.